The molecule has 1 amide bonds. The molecule has 0 radical (unpaired) electrons. The summed E-state index contributed by atoms with van der Waals surface area (Å²) in [6.07, 6.45) is 0. The Hall–Kier alpha value is -2.63. The van der Waals surface area contributed by atoms with Gasteiger partial charge in [0.25, 0.3) is 5.91 Å². The van der Waals surface area contributed by atoms with Crippen LogP contribution in [0.4, 0.5) is 0 Å². The van der Waals surface area contributed by atoms with Gasteiger partial charge in [-0.15, -0.1) is 0 Å². The van der Waals surface area contributed by atoms with Crippen molar-refractivity contribution in [3.8, 4) is 0 Å². The van der Waals surface area contributed by atoms with Crippen molar-refractivity contribution < 1.29 is 14.7 Å². The van der Waals surface area contributed by atoms with E-state index in [9.17, 15) is 9.59 Å². The van der Waals surface area contributed by atoms with Crippen LogP contribution in [-0.4, -0.2) is 31.7 Å². The van der Waals surface area contributed by atoms with Crippen molar-refractivity contribution in [1.29, 1.82) is 0 Å². The first-order valence-electron chi connectivity index (χ1n) is 7.16. The van der Waals surface area contributed by atoms with Crippen LogP contribution in [0.25, 0.3) is 0 Å². The fourth-order valence-corrected chi connectivity index (χ4v) is 2.69. The molecule has 0 saturated heterocycles. The van der Waals surface area contributed by atoms with Crippen LogP contribution in [0, 0.1) is 0 Å². The molecule has 1 N–H and O–H groups in total. The first-order chi connectivity index (χ1) is 10.5. The molecule has 0 saturated carbocycles. The zero-order chi connectivity index (χ0) is 15.9. The Labute approximate surface area is 128 Å². The Morgan fingerprint density at radius 2 is 1.77 bits per heavy atom. The van der Waals surface area contributed by atoms with Crippen LogP contribution in [0.1, 0.15) is 52.0 Å². The standard InChI is InChI=1S/C16H17N3O3/c1-10(2)19-14(7-13(17-19)16(21)22)15(20)18-8-11-5-3-4-6-12(11)9-18/h3-7,10H,8-9H2,1-2H3,(H,21,22). The Morgan fingerprint density at radius 3 is 2.27 bits per heavy atom. The molecule has 0 atom stereocenters. The number of carboxylic acid groups (broad SMARTS) is 1. The SMILES string of the molecule is CC(C)n1nc(C(=O)O)cc1C(=O)N1Cc2ccccc2C1. The molecule has 6 heteroatoms. The molecular weight excluding hydrogens is 282 g/mol. The van der Waals surface area contributed by atoms with Crippen molar-refractivity contribution in [2.24, 2.45) is 0 Å². The summed E-state index contributed by atoms with van der Waals surface area (Å²) >= 11 is 0. The van der Waals surface area contributed by atoms with Crippen LogP contribution in [0.2, 0.25) is 0 Å². The van der Waals surface area contributed by atoms with Gasteiger partial charge >= 0.3 is 5.97 Å². The summed E-state index contributed by atoms with van der Waals surface area (Å²) in [5.74, 6) is -1.32. The number of aromatic carboxylic acids is 1. The highest BCUT2D eigenvalue weighted by Crippen LogP contribution is 2.25. The molecule has 0 aliphatic carbocycles. The van der Waals surface area contributed by atoms with E-state index in [1.54, 1.807) is 4.90 Å². The smallest absolute Gasteiger partial charge is 0.356 e. The molecule has 1 aromatic heterocycles. The molecule has 22 heavy (non-hydrogen) atoms. The van der Waals surface area contributed by atoms with Gasteiger partial charge in [-0.05, 0) is 25.0 Å². The molecule has 0 spiro atoms. The lowest BCUT2D eigenvalue weighted by molar-refractivity contribution is 0.0687. The predicted octanol–water partition coefficient (Wildman–Crippen LogP) is 2.32. The van der Waals surface area contributed by atoms with E-state index >= 15 is 0 Å². The Kier molecular flexibility index (Phi) is 3.44. The lowest BCUT2D eigenvalue weighted by Gasteiger charge is -2.17. The molecule has 1 aliphatic heterocycles. The number of aromatic nitrogens is 2. The minimum absolute atomic E-state index is 0.0861. The van der Waals surface area contributed by atoms with Gasteiger partial charge in [-0.3, -0.25) is 9.48 Å². The maximum absolute atomic E-state index is 12.7. The van der Waals surface area contributed by atoms with Crippen molar-refractivity contribution in [2.45, 2.75) is 33.0 Å². The van der Waals surface area contributed by atoms with Crippen LogP contribution in [0.3, 0.4) is 0 Å². The molecule has 114 valence electrons. The fraction of sp³-hybridized carbons (Fsp3) is 0.312. The molecule has 0 unspecified atom stereocenters. The number of hydrogen-bond donors (Lipinski definition) is 1. The molecule has 3 rings (SSSR count). The van der Waals surface area contributed by atoms with E-state index in [0.29, 0.717) is 18.8 Å². The highest BCUT2D eigenvalue weighted by molar-refractivity contribution is 5.96. The second-order valence-corrected chi connectivity index (χ2v) is 5.69. The molecular formula is C16H17N3O3. The maximum Gasteiger partial charge on any atom is 0.356 e. The summed E-state index contributed by atoms with van der Waals surface area (Å²) in [5, 5.41) is 13.1. The minimum atomic E-state index is -1.13. The summed E-state index contributed by atoms with van der Waals surface area (Å²) < 4.78 is 1.48. The van der Waals surface area contributed by atoms with Gasteiger partial charge in [-0.2, -0.15) is 5.10 Å². The van der Waals surface area contributed by atoms with Crippen molar-refractivity contribution >= 4 is 11.9 Å². The number of fused-ring (bicyclic) bond motifs is 1. The highest BCUT2D eigenvalue weighted by atomic mass is 16.4. The summed E-state index contributed by atoms with van der Waals surface area (Å²) in [6.45, 7) is 4.82. The quantitative estimate of drug-likeness (QED) is 0.943. The Morgan fingerprint density at radius 1 is 1.18 bits per heavy atom. The largest absolute Gasteiger partial charge is 0.476 e. The number of nitrogens with zero attached hydrogens (tertiary/aromatic N) is 3. The second kappa shape index (κ2) is 5.29. The number of carbonyl (C=O) groups excluding carboxylic acids is 1. The topological polar surface area (TPSA) is 75.4 Å². The van der Waals surface area contributed by atoms with Gasteiger partial charge in [-0.1, -0.05) is 24.3 Å². The lowest BCUT2D eigenvalue weighted by atomic mass is 10.1. The number of hydrogen-bond acceptors (Lipinski definition) is 3. The van der Waals surface area contributed by atoms with Gasteiger partial charge in [0.2, 0.25) is 0 Å². The number of carboxylic acids is 1. The van der Waals surface area contributed by atoms with E-state index < -0.39 is 5.97 Å². The van der Waals surface area contributed by atoms with E-state index in [4.69, 9.17) is 5.11 Å². The average Bonchev–Trinajstić information content (AvgIpc) is 3.10. The zero-order valence-electron chi connectivity index (χ0n) is 12.5. The summed E-state index contributed by atoms with van der Waals surface area (Å²) in [5.41, 5.74) is 2.48. The molecule has 2 heterocycles. The third-order valence-corrected chi connectivity index (χ3v) is 3.79. The maximum atomic E-state index is 12.7. The fourth-order valence-electron chi connectivity index (χ4n) is 2.69. The van der Waals surface area contributed by atoms with Gasteiger partial charge in [0.15, 0.2) is 5.69 Å². The van der Waals surface area contributed by atoms with Crippen LogP contribution in [-0.2, 0) is 13.1 Å². The lowest BCUT2D eigenvalue weighted by Crippen LogP contribution is -2.28. The van der Waals surface area contributed by atoms with Gasteiger partial charge in [0.1, 0.15) is 5.69 Å². The molecule has 0 bridgehead atoms. The van der Waals surface area contributed by atoms with E-state index in [1.165, 1.54) is 10.7 Å². The van der Waals surface area contributed by atoms with Crippen LogP contribution < -0.4 is 0 Å². The first-order valence-corrected chi connectivity index (χ1v) is 7.16. The van der Waals surface area contributed by atoms with Crippen LogP contribution >= 0.6 is 0 Å². The van der Waals surface area contributed by atoms with Crippen LogP contribution in [0.5, 0.6) is 0 Å². The van der Waals surface area contributed by atoms with E-state index in [2.05, 4.69) is 5.10 Å². The predicted molar refractivity (Wildman–Crippen MR) is 79.6 cm³/mol. The minimum Gasteiger partial charge on any atom is -0.476 e. The number of benzene rings is 1. The van der Waals surface area contributed by atoms with E-state index in [0.717, 1.165) is 11.1 Å². The van der Waals surface area contributed by atoms with Crippen molar-refractivity contribution in [3.63, 3.8) is 0 Å². The summed E-state index contributed by atoms with van der Waals surface area (Å²) in [7, 11) is 0. The first kappa shape index (κ1) is 14.3. The van der Waals surface area contributed by atoms with Gasteiger partial charge in [0.05, 0.1) is 0 Å². The second-order valence-electron chi connectivity index (χ2n) is 5.69. The van der Waals surface area contributed by atoms with Gasteiger partial charge in [0, 0.05) is 25.2 Å². The van der Waals surface area contributed by atoms with Gasteiger partial charge in [-0.25, -0.2) is 4.79 Å². The Balaban J connectivity index is 1.92. The molecule has 1 aliphatic rings. The molecule has 2 aromatic rings. The number of amides is 1. The Bertz CT molecular complexity index is 724. The average molecular weight is 299 g/mol. The molecule has 1 aromatic carbocycles. The van der Waals surface area contributed by atoms with Crippen molar-refractivity contribution in [2.75, 3.05) is 0 Å². The van der Waals surface area contributed by atoms with E-state index in [1.807, 2.05) is 38.1 Å². The zero-order valence-corrected chi connectivity index (χ0v) is 12.5. The molecule has 0 fully saturated rings. The van der Waals surface area contributed by atoms with E-state index in [-0.39, 0.29) is 17.6 Å². The molecule has 6 nitrogen and oxygen atoms in total. The normalized spacial score (nSPS) is 13.5. The number of rotatable bonds is 3. The van der Waals surface area contributed by atoms with Gasteiger partial charge < -0.3 is 10.0 Å². The highest BCUT2D eigenvalue weighted by Gasteiger charge is 2.28. The van der Waals surface area contributed by atoms with Crippen molar-refractivity contribution in [1.82, 2.24) is 14.7 Å². The third kappa shape index (κ3) is 2.36. The summed E-state index contributed by atoms with van der Waals surface area (Å²) in [4.78, 5) is 25.6. The summed E-state index contributed by atoms with van der Waals surface area (Å²) in [6, 6.07) is 9.18. The number of carbonyl (C=O) groups is 2. The van der Waals surface area contributed by atoms with Crippen molar-refractivity contribution in [3.05, 3.63) is 52.8 Å². The van der Waals surface area contributed by atoms with Crippen LogP contribution in [0.15, 0.2) is 30.3 Å². The monoisotopic (exact) mass is 299 g/mol. The third-order valence-electron chi connectivity index (χ3n) is 3.79.